The van der Waals surface area contributed by atoms with Crippen LogP contribution in [-0.2, 0) is 16.0 Å². The van der Waals surface area contributed by atoms with Crippen molar-refractivity contribution in [1.29, 1.82) is 0 Å². The summed E-state index contributed by atoms with van der Waals surface area (Å²) in [7, 11) is 1.61. The normalized spacial score (nSPS) is 19.2. The molecule has 2 aromatic rings. The first-order valence-corrected chi connectivity index (χ1v) is 13.9. The summed E-state index contributed by atoms with van der Waals surface area (Å²) in [5, 5.41) is 6.50. The van der Waals surface area contributed by atoms with Gasteiger partial charge in [0.25, 0.3) is 0 Å². The van der Waals surface area contributed by atoms with Gasteiger partial charge in [0.1, 0.15) is 11.8 Å². The average Bonchev–Trinajstić information content (AvgIpc) is 3.26. The van der Waals surface area contributed by atoms with E-state index in [0.717, 1.165) is 37.9 Å². The number of hydrogen-bond acceptors (Lipinski definition) is 5. The number of hydrogen-bond donors (Lipinski definition) is 3. The molecule has 2 N–H and O–H groups in total. The van der Waals surface area contributed by atoms with Crippen LogP contribution in [0.25, 0.3) is 0 Å². The summed E-state index contributed by atoms with van der Waals surface area (Å²) < 4.78 is 5.19. The maximum Gasteiger partial charge on any atom is 0.246 e. The van der Waals surface area contributed by atoms with Crippen LogP contribution in [0.3, 0.4) is 0 Å². The van der Waals surface area contributed by atoms with Crippen molar-refractivity contribution in [2.45, 2.75) is 74.2 Å². The second-order valence-corrected chi connectivity index (χ2v) is 11.7. The summed E-state index contributed by atoms with van der Waals surface area (Å²) in [5.41, 5.74) is 1.90. The van der Waals surface area contributed by atoms with Gasteiger partial charge in [0, 0.05) is 16.2 Å². The Balaban J connectivity index is 1.69. The lowest BCUT2D eigenvalue weighted by molar-refractivity contribution is -0.126. The zero-order valence-corrected chi connectivity index (χ0v) is 22.6. The lowest BCUT2D eigenvalue weighted by Crippen LogP contribution is -2.48. The third-order valence-electron chi connectivity index (χ3n) is 6.28. The molecule has 4 atom stereocenters. The highest BCUT2D eigenvalue weighted by Gasteiger charge is 2.32. The Bertz CT molecular complexity index is 937. The lowest BCUT2D eigenvalue weighted by Gasteiger charge is -2.26. The van der Waals surface area contributed by atoms with Crippen molar-refractivity contribution in [2.24, 2.45) is 5.92 Å². The second-order valence-electron chi connectivity index (χ2n) is 9.59. The molecule has 0 saturated heterocycles. The molecule has 3 rings (SSSR count). The van der Waals surface area contributed by atoms with E-state index in [1.54, 1.807) is 43.1 Å². The Hall–Kier alpha value is -2.12. The Morgan fingerprint density at radius 2 is 1.77 bits per heavy atom. The van der Waals surface area contributed by atoms with E-state index in [2.05, 4.69) is 36.6 Å². The van der Waals surface area contributed by atoms with Gasteiger partial charge in [0.05, 0.1) is 12.4 Å². The van der Waals surface area contributed by atoms with Crippen molar-refractivity contribution in [3.05, 3.63) is 60.2 Å². The number of nitrogens with one attached hydrogen (secondary N) is 2. The number of anilines is 1. The van der Waals surface area contributed by atoms with E-state index in [9.17, 15) is 9.59 Å². The minimum absolute atomic E-state index is 0.0612. The summed E-state index contributed by atoms with van der Waals surface area (Å²) >= 11 is 6.49. The van der Waals surface area contributed by atoms with E-state index in [1.165, 1.54) is 5.56 Å². The minimum Gasteiger partial charge on any atom is -0.497 e. The van der Waals surface area contributed by atoms with Crippen molar-refractivity contribution >= 4 is 41.9 Å². The maximum absolute atomic E-state index is 13.5. The molecule has 0 aromatic heterocycles. The number of ether oxygens (including phenoxy) is 1. The van der Waals surface area contributed by atoms with Gasteiger partial charge in [0.15, 0.2) is 0 Å². The van der Waals surface area contributed by atoms with Gasteiger partial charge in [-0.3, -0.25) is 9.59 Å². The standard InChI is InChI=1S/C28H38N2O3S2/c1-19(2)18-23(27(31)29-21-13-15-22(33-3)16-14-21)30-28(32)26(35-25-11-7-10-24(25)34)17-12-20-8-5-4-6-9-20/h4-6,8-9,13-16,19,23-26,34H,7,10-12,17-18H2,1-3H3,(H,29,31)(H,30,32)/t23-,24+,25-,26+/m0/s1. The molecule has 0 spiro atoms. The Labute approximate surface area is 219 Å². The molecule has 5 nitrogen and oxygen atoms in total. The molecule has 1 saturated carbocycles. The SMILES string of the molecule is COc1ccc(NC(=O)[C@H](CC(C)C)NC(=O)[C@@H](CCc2ccccc2)S[C@H]2CCC[C@H]2S)cc1. The number of rotatable bonds is 12. The van der Waals surface area contributed by atoms with Crippen molar-refractivity contribution in [3.8, 4) is 5.75 Å². The third-order valence-corrected chi connectivity index (χ3v) is 8.80. The van der Waals surface area contributed by atoms with Gasteiger partial charge in [-0.25, -0.2) is 0 Å². The van der Waals surface area contributed by atoms with Gasteiger partial charge in [0.2, 0.25) is 11.8 Å². The van der Waals surface area contributed by atoms with Crippen LogP contribution >= 0.6 is 24.4 Å². The number of carbonyl (C=O) groups is 2. The predicted octanol–water partition coefficient (Wildman–Crippen LogP) is 5.75. The second kappa shape index (κ2) is 13.8. The highest BCUT2D eigenvalue weighted by atomic mass is 32.2. The van der Waals surface area contributed by atoms with Crippen LogP contribution in [0.5, 0.6) is 5.75 Å². The first-order chi connectivity index (χ1) is 16.9. The van der Waals surface area contributed by atoms with Gasteiger partial charge in [-0.15, -0.1) is 11.8 Å². The molecule has 0 unspecified atom stereocenters. The minimum atomic E-state index is -0.597. The number of methoxy groups -OCH3 is 1. The van der Waals surface area contributed by atoms with Crippen LogP contribution in [0.4, 0.5) is 5.69 Å². The molecule has 190 valence electrons. The molecule has 2 aromatic carbocycles. The highest BCUT2D eigenvalue weighted by Crippen LogP contribution is 2.37. The number of aryl methyl sites for hydroxylation is 1. The van der Waals surface area contributed by atoms with Crippen LogP contribution < -0.4 is 15.4 Å². The summed E-state index contributed by atoms with van der Waals surface area (Å²) in [5.74, 6) is 0.725. The lowest BCUT2D eigenvalue weighted by atomic mass is 10.0. The quantitative estimate of drug-likeness (QED) is 0.316. The van der Waals surface area contributed by atoms with Gasteiger partial charge in [-0.05, 0) is 67.9 Å². The van der Waals surface area contributed by atoms with E-state index < -0.39 is 6.04 Å². The molecule has 0 bridgehead atoms. The van der Waals surface area contributed by atoms with Crippen molar-refractivity contribution in [1.82, 2.24) is 5.32 Å². The van der Waals surface area contributed by atoms with Gasteiger partial charge >= 0.3 is 0 Å². The molecule has 1 aliphatic rings. The van der Waals surface area contributed by atoms with Crippen LogP contribution in [0.15, 0.2) is 54.6 Å². The van der Waals surface area contributed by atoms with Crippen molar-refractivity contribution in [3.63, 3.8) is 0 Å². The average molecular weight is 515 g/mol. The van der Waals surface area contributed by atoms with Crippen molar-refractivity contribution < 1.29 is 14.3 Å². The number of carbonyl (C=O) groups excluding carboxylic acids is 2. The smallest absolute Gasteiger partial charge is 0.246 e. The van der Waals surface area contributed by atoms with Crippen molar-refractivity contribution in [2.75, 3.05) is 12.4 Å². The summed E-state index contributed by atoms with van der Waals surface area (Å²) in [6.45, 7) is 4.12. The van der Waals surface area contributed by atoms with Gasteiger partial charge in [-0.1, -0.05) is 50.6 Å². The van der Waals surface area contributed by atoms with E-state index in [0.29, 0.717) is 22.6 Å². The molecule has 7 heteroatoms. The zero-order chi connectivity index (χ0) is 25.2. The van der Waals surface area contributed by atoms with E-state index in [1.807, 2.05) is 18.2 Å². The van der Waals surface area contributed by atoms with Gasteiger partial charge in [-0.2, -0.15) is 12.6 Å². The van der Waals surface area contributed by atoms with Crippen LogP contribution in [0.1, 0.15) is 51.5 Å². The first-order valence-electron chi connectivity index (χ1n) is 12.5. The predicted molar refractivity (Wildman–Crippen MR) is 150 cm³/mol. The summed E-state index contributed by atoms with van der Waals surface area (Å²) in [6, 6.07) is 16.9. The largest absolute Gasteiger partial charge is 0.497 e. The molecule has 35 heavy (non-hydrogen) atoms. The van der Waals surface area contributed by atoms with Gasteiger partial charge < -0.3 is 15.4 Å². The highest BCUT2D eigenvalue weighted by molar-refractivity contribution is 8.02. The molecule has 2 amide bonds. The van der Waals surface area contributed by atoms with E-state index in [-0.39, 0.29) is 23.0 Å². The fraction of sp³-hybridized carbons (Fsp3) is 0.500. The summed E-state index contributed by atoms with van der Waals surface area (Å²) in [6.07, 6.45) is 5.45. The topological polar surface area (TPSA) is 67.4 Å². The molecule has 0 heterocycles. The monoisotopic (exact) mass is 514 g/mol. The Kier molecular flexibility index (Phi) is 10.9. The van der Waals surface area contributed by atoms with Crippen LogP contribution in [0.2, 0.25) is 0 Å². The molecule has 0 radical (unpaired) electrons. The number of benzene rings is 2. The number of thioether (sulfide) groups is 1. The molecular formula is C28H38N2O3S2. The third kappa shape index (κ3) is 8.80. The van der Waals surface area contributed by atoms with E-state index in [4.69, 9.17) is 17.4 Å². The number of thiol groups is 1. The molecule has 1 fully saturated rings. The van der Waals surface area contributed by atoms with Crippen LogP contribution in [-0.4, -0.2) is 40.7 Å². The fourth-order valence-electron chi connectivity index (χ4n) is 4.35. The van der Waals surface area contributed by atoms with E-state index >= 15 is 0 Å². The fourth-order valence-corrected chi connectivity index (χ4v) is 6.38. The Morgan fingerprint density at radius 1 is 1.06 bits per heavy atom. The maximum atomic E-state index is 13.5. The number of amides is 2. The van der Waals surface area contributed by atoms with Crippen LogP contribution in [0, 0.1) is 5.92 Å². The molecular weight excluding hydrogens is 476 g/mol. The Morgan fingerprint density at radius 3 is 2.37 bits per heavy atom. The molecule has 0 aliphatic heterocycles. The molecule has 1 aliphatic carbocycles. The zero-order valence-electron chi connectivity index (χ0n) is 20.9. The first kappa shape index (κ1) is 27.5. The summed E-state index contributed by atoms with van der Waals surface area (Å²) in [4.78, 5) is 26.7.